The number of aryl methyl sites for hydroxylation is 1. The molecular formula is C18H21NO4. The molecule has 5 heteroatoms. The maximum Gasteiger partial charge on any atom is 0.262 e. The molecule has 23 heavy (non-hydrogen) atoms. The van der Waals surface area contributed by atoms with Gasteiger partial charge in [0.1, 0.15) is 18.1 Å². The van der Waals surface area contributed by atoms with Gasteiger partial charge in [-0.25, -0.2) is 0 Å². The maximum atomic E-state index is 11.9. The molecule has 2 rings (SSSR count). The van der Waals surface area contributed by atoms with Crippen molar-refractivity contribution in [1.29, 1.82) is 0 Å². The first kappa shape index (κ1) is 16.8. The van der Waals surface area contributed by atoms with Crippen molar-refractivity contribution in [2.75, 3.05) is 32.2 Å². The van der Waals surface area contributed by atoms with Crippen molar-refractivity contribution in [3.63, 3.8) is 0 Å². The standard InChI is InChI=1S/C18H21NO4/c1-14-3-7-17(8-4-14)23-13-18(20)19-15-5-9-16(10-6-15)22-12-11-21-2/h3-10H,11-13H2,1-2H3,(H,19,20). The first-order chi connectivity index (χ1) is 11.2. The number of nitrogens with one attached hydrogen (secondary N) is 1. The first-order valence-electron chi connectivity index (χ1n) is 7.38. The Morgan fingerprint density at radius 1 is 0.913 bits per heavy atom. The van der Waals surface area contributed by atoms with E-state index in [4.69, 9.17) is 14.2 Å². The number of anilines is 1. The van der Waals surface area contributed by atoms with Crippen molar-refractivity contribution in [1.82, 2.24) is 0 Å². The molecule has 0 heterocycles. The van der Waals surface area contributed by atoms with Crippen molar-refractivity contribution < 1.29 is 19.0 Å². The lowest BCUT2D eigenvalue weighted by atomic mass is 10.2. The van der Waals surface area contributed by atoms with Gasteiger partial charge in [-0.1, -0.05) is 17.7 Å². The summed E-state index contributed by atoms with van der Waals surface area (Å²) in [6.45, 7) is 3.00. The Balaban J connectivity index is 1.77. The van der Waals surface area contributed by atoms with Gasteiger partial charge < -0.3 is 19.5 Å². The van der Waals surface area contributed by atoms with Crippen molar-refractivity contribution in [2.24, 2.45) is 0 Å². The fourth-order valence-corrected chi connectivity index (χ4v) is 1.86. The number of carbonyl (C=O) groups excluding carboxylic acids is 1. The molecular weight excluding hydrogens is 294 g/mol. The Bertz CT molecular complexity index is 608. The third kappa shape index (κ3) is 6.00. The molecule has 0 fully saturated rings. The molecule has 0 spiro atoms. The monoisotopic (exact) mass is 315 g/mol. The van der Waals surface area contributed by atoms with Crippen LogP contribution < -0.4 is 14.8 Å². The lowest BCUT2D eigenvalue weighted by Crippen LogP contribution is -2.20. The average molecular weight is 315 g/mol. The number of methoxy groups -OCH3 is 1. The Kier molecular flexibility index (Phi) is 6.44. The fourth-order valence-electron chi connectivity index (χ4n) is 1.86. The van der Waals surface area contributed by atoms with Gasteiger partial charge in [-0.15, -0.1) is 0 Å². The van der Waals surface area contributed by atoms with E-state index in [0.717, 1.165) is 11.3 Å². The van der Waals surface area contributed by atoms with E-state index in [1.54, 1.807) is 31.4 Å². The SMILES string of the molecule is COCCOc1ccc(NC(=O)COc2ccc(C)cc2)cc1. The fraction of sp³-hybridized carbons (Fsp3) is 0.278. The Morgan fingerprint density at radius 2 is 1.52 bits per heavy atom. The average Bonchev–Trinajstić information content (AvgIpc) is 2.56. The minimum absolute atomic E-state index is 0.0326. The topological polar surface area (TPSA) is 56.8 Å². The van der Waals surface area contributed by atoms with E-state index in [1.165, 1.54) is 0 Å². The molecule has 122 valence electrons. The summed E-state index contributed by atoms with van der Waals surface area (Å²) in [5.74, 6) is 1.20. The number of amides is 1. The number of hydrogen-bond donors (Lipinski definition) is 1. The smallest absolute Gasteiger partial charge is 0.262 e. The lowest BCUT2D eigenvalue weighted by molar-refractivity contribution is -0.118. The number of carbonyl (C=O) groups is 1. The molecule has 2 aromatic carbocycles. The summed E-state index contributed by atoms with van der Waals surface area (Å²) >= 11 is 0. The Morgan fingerprint density at radius 3 is 2.17 bits per heavy atom. The predicted molar refractivity (Wildman–Crippen MR) is 89.1 cm³/mol. The van der Waals surface area contributed by atoms with Gasteiger partial charge >= 0.3 is 0 Å². The van der Waals surface area contributed by atoms with Gasteiger partial charge in [0.2, 0.25) is 0 Å². The van der Waals surface area contributed by atoms with Crippen LogP contribution in [0.1, 0.15) is 5.56 Å². The van der Waals surface area contributed by atoms with Crippen LogP contribution in [0.5, 0.6) is 11.5 Å². The van der Waals surface area contributed by atoms with Crippen molar-refractivity contribution >= 4 is 11.6 Å². The number of hydrogen-bond acceptors (Lipinski definition) is 4. The van der Waals surface area contributed by atoms with Gasteiger partial charge in [-0.2, -0.15) is 0 Å². The van der Waals surface area contributed by atoms with Gasteiger partial charge in [0.05, 0.1) is 6.61 Å². The minimum Gasteiger partial charge on any atom is -0.491 e. The third-order valence-corrected chi connectivity index (χ3v) is 3.09. The normalized spacial score (nSPS) is 10.2. The van der Waals surface area contributed by atoms with Crippen LogP contribution in [0, 0.1) is 6.92 Å². The van der Waals surface area contributed by atoms with Gasteiger partial charge in [-0.3, -0.25) is 4.79 Å². The molecule has 0 aliphatic carbocycles. The summed E-state index contributed by atoms with van der Waals surface area (Å²) in [6, 6.07) is 14.7. The van der Waals surface area contributed by atoms with Crippen LogP contribution in [0.3, 0.4) is 0 Å². The summed E-state index contributed by atoms with van der Waals surface area (Å²) in [5.41, 5.74) is 1.84. The minimum atomic E-state index is -0.210. The molecule has 1 amide bonds. The van der Waals surface area contributed by atoms with E-state index in [-0.39, 0.29) is 12.5 Å². The molecule has 0 aliphatic rings. The molecule has 5 nitrogen and oxygen atoms in total. The Labute approximate surface area is 136 Å². The molecule has 1 N–H and O–H groups in total. The molecule has 2 aromatic rings. The van der Waals surface area contributed by atoms with Crippen LogP contribution >= 0.6 is 0 Å². The lowest BCUT2D eigenvalue weighted by Gasteiger charge is -2.09. The highest BCUT2D eigenvalue weighted by atomic mass is 16.5. The number of ether oxygens (including phenoxy) is 3. The largest absolute Gasteiger partial charge is 0.491 e. The second kappa shape index (κ2) is 8.80. The van der Waals surface area contributed by atoms with Crippen LogP contribution in [0.4, 0.5) is 5.69 Å². The number of benzene rings is 2. The van der Waals surface area contributed by atoms with Crippen molar-refractivity contribution in [3.05, 3.63) is 54.1 Å². The zero-order valence-electron chi connectivity index (χ0n) is 13.4. The molecule has 0 aromatic heterocycles. The van der Waals surface area contributed by atoms with Gasteiger partial charge in [0, 0.05) is 12.8 Å². The second-order valence-corrected chi connectivity index (χ2v) is 5.02. The molecule has 0 aliphatic heterocycles. The maximum absolute atomic E-state index is 11.9. The molecule has 0 saturated carbocycles. The molecule has 0 radical (unpaired) electrons. The van der Waals surface area contributed by atoms with Crippen LogP contribution in [-0.2, 0) is 9.53 Å². The zero-order chi connectivity index (χ0) is 16.5. The van der Waals surface area contributed by atoms with E-state index in [9.17, 15) is 4.79 Å². The molecule has 0 unspecified atom stereocenters. The zero-order valence-corrected chi connectivity index (χ0v) is 13.4. The van der Waals surface area contributed by atoms with Crippen molar-refractivity contribution in [2.45, 2.75) is 6.92 Å². The quantitative estimate of drug-likeness (QED) is 0.761. The van der Waals surface area contributed by atoms with E-state index in [0.29, 0.717) is 24.7 Å². The molecule has 0 bridgehead atoms. The highest BCUT2D eigenvalue weighted by Gasteiger charge is 2.04. The summed E-state index contributed by atoms with van der Waals surface area (Å²) < 4.78 is 15.8. The van der Waals surface area contributed by atoms with Crippen LogP contribution in [0.2, 0.25) is 0 Å². The van der Waals surface area contributed by atoms with Gasteiger partial charge in [0.25, 0.3) is 5.91 Å². The summed E-state index contributed by atoms with van der Waals surface area (Å²) in [4.78, 5) is 11.9. The van der Waals surface area contributed by atoms with E-state index in [2.05, 4.69) is 5.32 Å². The highest BCUT2D eigenvalue weighted by Crippen LogP contribution is 2.16. The van der Waals surface area contributed by atoms with Gasteiger partial charge in [-0.05, 0) is 43.3 Å². The van der Waals surface area contributed by atoms with Crippen LogP contribution in [0.15, 0.2) is 48.5 Å². The third-order valence-electron chi connectivity index (χ3n) is 3.09. The Hall–Kier alpha value is -2.53. The molecule has 0 atom stereocenters. The highest BCUT2D eigenvalue weighted by molar-refractivity contribution is 5.91. The van der Waals surface area contributed by atoms with E-state index >= 15 is 0 Å². The second-order valence-electron chi connectivity index (χ2n) is 5.02. The van der Waals surface area contributed by atoms with E-state index < -0.39 is 0 Å². The van der Waals surface area contributed by atoms with E-state index in [1.807, 2.05) is 31.2 Å². The van der Waals surface area contributed by atoms with Gasteiger partial charge in [0.15, 0.2) is 6.61 Å². The molecule has 0 saturated heterocycles. The first-order valence-corrected chi connectivity index (χ1v) is 7.38. The summed E-state index contributed by atoms with van der Waals surface area (Å²) in [6.07, 6.45) is 0. The van der Waals surface area contributed by atoms with Crippen LogP contribution in [0.25, 0.3) is 0 Å². The summed E-state index contributed by atoms with van der Waals surface area (Å²) in [7, 11) is 1.63. The van der Waals surface area contributed by atoms with Crippen molar-refractivity contribution in [3.8, 4) is 11.5 Å². The summed E-state index contributed by atoms with van der Waals surface area (Å²) in [5, 5.41) is 2.77. The predicted octanol–water partition coefficient (Wildman–Crippen LogP) is 3.04. The van der Waals surface area contributed by atoms with Crippen LogP contribution in [-0.4, -0.2) is 32.8 Å². The number of rotatable bonds is 8.